The summed E-state index contributed by atoms with van der Waals surface area (Å²) in [4.78, 5) is 4.33. The van der Waals surface area contributed by atoms with Crippen molar-refractivity contribution < 1.29 is 0 Å². The molecule has 1 aromatic carbocycles. The Labute approximate surface area is 88.1 Å². The zero-order chi connectivity index (χ0) is 10.7. The van der Waals surface area contributed by atoms with Crippen molar-refractivity contribution >= 4 is 17.0 Å². The summed E-state index contributed by atoms with van der Waals surface area (Å²) in [6, 6.07) is 7.77. The summed E-state index contributed by atoms with van der Waals surface area (Å²) in [5.41, 5.74) is 1.64. The van der Waals surface area contributed by atoms with E-state index in [1.165, 1.54) is 0 Å². The lowest BCUT2D eigenvalue weighted by molar-refractivity contribution is 0.928. The highest BCUT2D eigenvalue weighted by atomic mass is 15.2. The summed E-state index contributed by atoms with van der Waals surface area (Å²) in [6.45, 7) is 5.66. The molecule has 1 atom stereocenters. The molecule has 4 heteroatoms. The maximum Gasteiger partial charge on any atom is 0.243 e. The molecule has 0 aliphatic heterocycles. The van der Waals surface area contributed by atoms with E-state index in [2.05, 4.69) is 27.1 Å². The number of aromatic nitrogens is 3. The minimum atomic E-state index is 0.132. The molecular formula is C11H12N4. The first kappa shape index (κ1) is 9.58. The SMILES string of the molecule is C=CC(C)Nc1nnc2ccccc2n1. The van der Waals surface area contributed by atoms with Crippen LogP contribution in [0.4, 0.5) is 5.95 Å². The number of nitrogens with zero attached hydrogens (tertiary/aromatic N) is 3. The van der Waals surface area contributed by atoms with Crippen molar-refractivity contribution in [2.24, 2.45) is 0 Å². The number of nitrogens with one attached hydrogen (secondary N) is 1. The van der Waals surface area contributed by atoms with Gasteiger partial charge in [-0.25, -0.2) is 4.98 Å². The second-order valence-electron chi connectivity index (χ2n) is 3.29. The Morgan fingerprint density at radius 2 is 2.00 bits per heavy atom. The summed E-state index contributed by atoms with van der Waals surface area (Å²) in [7, 11) is 0. The van der Waals surface area contributed by atoms with E-state index in [0.717, 1.165) is 11.0 Å². The van der Waals surface area contributed by atoms with Gasteiger partial charge in [0.15, 0.2) is 0 Å². The third kappa shape index (κ3) is 2.10. The van der Waals surface area contributed by atoms with Crippen LogP contribution in [0.5, 0.6) is 0 Å². The van der Waals surface area contributed by atoms with E-state index in [1.807, 2.05) is 31.2 Å². The van der Waals surface area contributed by atoms with Crippen molar-refractivity contribution in [2.45, 2.75) is 13.0 Å². The molecule has 1 N–H and O–H groups in total. The molecule has 1 heterocycles. The summed E-state index contributed by atoms with van der Waals surface area (Å²) in [5.74, 6) is 0.529. The molecule has 2 rings (SSSR count). The molecule has 1 unspecified atom stereocenters. The summed E-state index contributed by atoms with van der Waals surface area (Å²) in [5, 5.41) is 11.1. The van der Waals surface area contributed by atoms with Crippen LogP contribution in [0.15, 0.2) is 36.9 Å². The molecule has 0 fully saturated rings. The van der Waals surface area contributed by atoms with Crippen LogP contribution in [0.1, 0.15) is 6.92 Å². The Kier molecular flexibility index (Phi) is 2.58. The number of anilines is 1. The van der Waals surface area contributed by atoms with E-state index in [0.29, 0.717) is 5.95 Å². The summed E-state index contributed by atoms with van der Waals surface area (Å²) < 4.78 is 0. The normalized spacial score (nSPS) is 12.3. The van der Waals surface area contributed by atoms with Crippen LogP contribution in [0, 0.1) is 0 Å². The first-order valence-corrected chi connectivity index (χ1v) is 4.78. The van der Waals surface area contributed by atoms with Gasteiger partial charge in [0.25, 0.3) is 0 Å². The molecule has 0 bridgehead atoms. The Bertz CT molecular complexity index is 481. The maximum atomic E-state index is 4.33. The summed E-state index contributed by atoms with van der Waals surface area (Å²) in [6.07, 6.45) is 1.79. The molecule has 0 amide bonds. The van der Waals surface area contributed by atoms with Gasteiger partial charge >= 0.3 is 0 Å². The zero-order valence-electron chi connectivity index (χ0n) is 8.51. The van der Waals surface area contributed by atoms with E-state index in [4.69, 9.17) is 0 Å². The average Bonchev–Trinajstić information content (AvgIpc) is 2.29. The van der Waals surface area contributed by atoms with Crippen LogP contribution in [-0.2, 0) is 0 Å². The van der Waals surface area contributed by atoms with Gasteiger partial charge in [-0.1, -0.05) is 18.2 Å². The molecule has 2 aromatic rings. The van der Waals surface area contributed by atoms with Crippen molar-refractivity contribution in [1.82, 2.24) is 15.2 Å². The van der Waals surface area contributed by atoms with Gasteiger partial charge in [-0.2, -0.15) is 0 Å². The molecule has 0 saturated carbocycles. The Morgan fingerprint density at radius 1 is 1.27 bits per heavy atom. The standard InChI is InChI=1S/C11H12N4/c1-3-8(2)12-11-13-9-6-4-5-7-10(9)14-15-11/h3-8H,1H2,2H3,(H,12,13,15). The van der Waals surface area contributed by atoms with Gasteiger partial charge in [0.2, 0.25) is 5.95 Å². The van der Waals surface area contributed by atoms with E-state index in [-0.39, 0.29) is 6.04 Å². The highest BCUT2D eigenvalue weighted by Gasteiger charge is 2.02. The molecule has 0 saturated heterocycles. The number of hydrogen-bond acceptors (Lipinski definition) is 4. The highest BCUT2D eigenvalue weighted by Crippen LogP contribution is 2.09. The van der Waals surface area contributed by atoms with Gasteiger partial charge < -0.3 is 5.32 Å². The van der Waals surface area contributed by atoms with Crippen LogP contribution in [0.2, 0.25) is 0 Å². The molecule has 15 heavy (non-hydrogen) atoms. The van der Waals surface area contributed by atoms with Crippen LogP contribution in [0.25, 0.3) is 11.0 Å². The second kappa shape index (κ2) is 4.04. The lowest BCUT2D eigenvalue weighted by Crippen LogP contribution is -2.14. The maximum absolute atomic E-state index is 4.33. The van der Waals surface area contributed by atoms with Crippen molar-refractivity contribution in [3.8, 4) is 0 Å². The van der Waals surface area contributed by atoms with E-state index in [1.54, 1.807) is 6.08 Å². The van der Waals surface area contributed by atoms with Crippen molar-refractivity contribution in [2.75, 3.05) is 5.32 Å². The molecular weight excluding hydrogens is 188 g/mol. The molecule has 76 valence electrons. The van der Waals surface area contributed by atoms with Crippen molar-refractivity contribution in [3.05, 3.63) is 36.9 Å². The molecule has 1 aromatic heterocycles. The van der Waals surface area contributed by atoms with E-state index >= 15 is 0 Å². The molecule has 4 nitrogen and oxygen atoms in total. The number of para-hydroxylation sites is 1. The highest BCUT2D eigenvalue weighted by molar-refractivity contribution is 5.74. The smallest absolute Gasteiger partial charge is 0.243 e. The van der Waals surface area contributed by atoms with E-state index in [9.17, 15) is 0 Å². The second-order valence-corrected chi connectivity index (χ2v) is 3.29. The van der Waals surface area contributed by atoms with Crippen molar-refractivity contribution in [3.63, 3.8) is 0 Å². The predicted octanol–water partition coefficient (Wildman–Crippen LogP) is 2.01. The minimum absolute atomic E-state index is 0.132. The van der Waals surface area contributed by atoms with Crippen LogP contribution in [0.3, 0.4) is 0 Å². The Balaban J connectivity index is 2.34. The van der Waals surface area contributed by atoms with Crippen LogP contribution < -0.4 is 5.32 Å². The van der Waals surface area contributed by atoms with Gasteiger partial charge in [0, 0.05) is 6.04 Å². The van der Waals surface area contributed by atoms with Gasteiger partial charge in [-0.15, -0.1) is 16.8 Å². The van der Waals surface area contributed by atoms with Gasteiger partial charge in [0.05, 0.1) is 5.52 Å². The number of rotatable bonds is 3. The molecule has 0 spiro atoms. The fourth-order valence-corrected chi connectivity index (χ4v) is 1.20. The molecule has 0 radical (unpaired) electrons. The van der Waals surface area contributed by atoms with Gasteiger partial charge in [-0.3, -0.25) is 0 Å². The van der Waals surface area contributed by atoms with Crippen LogP contribution >= 0.6 is 0 Å². The fraction of sp³-hybridized carbons (Fsp3) is 0.182. The quantitative estimate of drug-likeness (QED) is 0.770. The lowest BCUT2D eigenvalue weighted by Gasteiger charge is -2.07. The van der Waals surface area contributed by atoms with E-state index < -0.39 is 0 Å². The largest absolute Gasteiger partial charge is 0.347 e. The van der Waals surface area contributed by atoms with Gasteiger partial charge in [0.1, 0.15) is 5.52 Å². The number of benzene rings is 1. The third-order valence-electron chi connectivity index (χ3n) is 2.07. The first-order valence-electron chi connectivity index (χ1n) is 4.78. The number of hydrogen-bond donors (Lipinski definition) is 1. The Hall–Kier alpha value is -1.97. The fourth-order valence-electron chi connectivity index (χ4n) is 1.20. The lowest BCUT2D eigenvalue weighted by atomic mass is 10.3. The molecule has 0 aliphatic carbocycles. The predicted molar refractivity (Wildman–Crippen MR) is 60.6 cm³/mol. The summed E-state index contributed by atoms with van der Waals surface area (Å²) >= 11 is 0. The third-order valence-corrected chi connectivity index (χ3v) is 2.07. The minimum Gasteiger partial charge on any atom is -0.347 e. The Morgan fingerprint density at radius 3 is 2.73 bits per heavy atom. The average molecular weight is 200 g/mol. The van der Waals surface area contributed by atoms with Gasteiger partial charge in [-0.05, 0) is 19.1 Å². The van der Waals surface area contributed by atoms with Crippen molar-refractivity contribution in [1.29, 1.82) is 0 Å². The monoisotopic (exact) mass is 200 g/mol. The topological polar surface area (TPSA) is 50.7 Å². The molecule has 0 aliphatic rings. The number of fused-ring (bicyclic) bond motifs is 1. The van der Waals surface area contributed by atoms with Crippen LogP contribution in [-0.4, -0.2) is 21.2 Å². The first-order chi connectivity index (χ1) is 7.29. The zero-order valence-corrected chi connectivity index (χ0v) is 8.51.